The lowest BCUT2D eigenvalue weighted by atomic mass is 9.80. The average Bonchev–Trinajstić information content (AvgIpc) is 2.41. The summed E-state index contributed by atoms with van der Waals surface area (Å²) in [4.78, 5) is 2.30. The van der Waals surface area contributed by atoms with Crippen molar-refractivity contribution < 1.29 is 0 Å². The first-order valence-electron chi connectivity index (χ1n) is 6.88. The molecule has 0 aliphatic carbocycles. The molecule has 1 rings (SSSR count). The molecule has 0 saturated heterocycles. The molecule has 0 saturated carbocycles. The van der Waals surface area contributed by atoms with Gasteiger partial charge in [-0.2, -0.15) is 0 Å². The van der Waals surface area contributed by atoms with Gasteiger partial charge in [0.2, 0.25) is 0 Å². The number of rotatable bonds is 7. The molecule has 108 valence electrons. The smallest absolute Gasteiger partial charge is 0.0435 e. The fourth-order valence-electron chi connectivity index (χ4n) is 2.97. The van der Waals surface area contributed by atoms with Crippen molar-refractivity contribution in [1.82, 2.24) is 10.3 Å². The maximum absolute atomic E-state index is 5.85. The van der Waals surface area contributed by atoms with Crippen molar-refractivity contribution in [3.05, 3.63) is 34.3 Å². The van der Waals surface area contributed by atoms with E-state index in [0.29, 0.717) is 0 Å². The largest absolute Gasteiger partial charge is 0.302 e. The summed E-state index contributed by atoms with van der Waals surface area (Å²) in [6, 6.07) is 8.56. The highest BCUT2D eigenvalue weighted by Crippen LogP contribution is 2.29. The van der Waals surface area contributed by atoms with Crippen LogP contribution in [0.2, 0.25) is 0 Å². The summed E-state index contributed by atoms with van der Waals surface area (Å²) in [7, 11) is 4.27. The van der Waals surface area contributed by atoms with Crippen molar-refractivity contribution in [1.29, 1.82) is 0 Å². The van der Waals surface area contributed by atoms with Crippen molar-refractivity contribution in [2.75, 3.05) is 14.1 Å². The zero-order valence-electron chi connectivity index (χ0n) is 12.4. The van der Waals surface area contributed by atoms with Gasteiger partial charge in [0.15, 0.2) is 0 Å². The van der Waals surface area contributed by atoms with E-state index in [1.54, 1.807) is 0 Å². The highest BCUT2D eigenvalue weighted by molar-refractivity contribution is 9.10. The maximum Gasteiger partial charge on any atom is 0.0435 e. The quantitative estimate of drug-likeness (QED) is 0.597. The summed E-state index contributed by atoms with van der Waals surface area (Å²) in [6.07, 6.45) is 3.05. The molecule has 0 radical (unpaired) electrons. The van der Waals surface area contributed by atoms with Crippen molar-refractivity contribution in [3.63, 3.8) is 0 Å². The second kappa shape index (κ2) is 7.39. The molecule has 1 atom stereocenters. The Morgan fingerprint density at radius 2 is 1.84 bits per heavy atom. The van der Waals surface area contributed by atoms with Gasteiger partial charge in [-0.05, 0) is 45.0 Å². The molecular weight excluding hydrogens is 302 g/mol. The monoisotopic (exact) mass is 327 g/mol. The highest BCUT2D eigenvalue weighted by Gasteiger charge is 2.37. The number of hydrogen-bond donors (Lipinski definition) is 2. The van der Waals surface area contributed by atoms with Gasteiger partial charge in [-0.1, -0.05) is 48.0 Å². The first-order chi connectivity index (χ1) is 9.01. The Kier molecular flexibility index (Phi) is 6.47. The Morgan fingerprint density at radius 3 is 2.26 bits per heavy atom. The van der Waals surface area contributed by atoms with E-state index in [9.17, 15) is 0 Å². The van der Waals surface area contributed by atoms with Gasteiger partial charge < -0.3 is 4.90 Å². The van der Waals surface area contributed by atoms with E-state index < -0.39 is 0 Å². The van der Waals surface area contributed by atoms with Crippen molar-refractivity contribution >= 4 is 15.9 Å². The molecule has 3 N–H and O–H groups in total. The van der Waals surface area contributed by atoms with Crippen LogP contribution in [0.25, 0.3) is 0 Å². The molecule has 19 heavy (non-hydrogen) atoms. The van der Waals surface area contributed by atoms with Crippen LogP contribution in [0, 0.1) is 0 Å². The van der Waals surface area contributed by atoms with Gasteiger partial charge in [0.05, 0.1) is 0 Å². The average molecular weight is 328 g/mol. The molecule has 0 amide bonds. The zero-order valence-corrected chi connectivity index (χ0v) is 14.0. The topological polar surface area (TPSA) is 41.3 Å². The minimum Gasteiger partial charge on any atom is -0.302 e. The van der Waals surface area contributed by atoms with E-state index in [-0.39, 0.29) is 11.6 Å². The minimum absolute atomic E-state index is 0.0734. The van der Waals surface area contributed by atoms with Gasteiger partial charge >= 0.3 is 0 Å². The molecule has 0 heterocycles. The fourth-order valence-corrected chi connectivity index (χ4v) is 3.42. The van der Waals surface area contributed by atoms with Crippen molar-refractivity contribution in [2.45, 2.75) is 44.7 Å². The molecule has 0 aliphatic heterocycles. The van der Waals surface area contributed by atoms with Crippen LogP contribution in [0.15, 0.2) is 28.7 Å². The molecule has 1 unspecified atom stereocenters. The Bertz CT molecular complexity index is 389. The van der Waals surface area contributed by atoms with E-state index >= 15 is 0 Å². The Morgan fingerprint density at radius 1 is 1.26 bits per heavy atom. The van der Waals surface area contributed by atoms with Crippen LogP contribution in [-0.2, 0) is 6.42 Å². The number of nitrogens with zero attached hydrogens (tertiary/aromatic N) is 1. The lowest BCUT2D eigenvalue weighted by Gasteiger charge is -2.45. The molecular formula is C15H26BrN3. The van der Waals surface area contributed by atoms with Crippen LogP contribution in [0.4, 0.5) is 0 Å². The standard InChI is InChI=1S/C15H26BrN3/c1-5-15(6-2,19(3)4)14(18-17)11-12-9-7-8-10-13(12)16/h7-10,14,18H,5-6,11,17H2,1-4H3. The van der Waals surface area contributed by atoms with Gasteiger partial charge in [0.25, 0.3) is 0 Å². The summed E-state index contributed by atoms with van der Waals surface area (Å²) in [5.74, 6) is 5.85. The molecule has 0 spiro atoms. The maximum atomic E-state index is 5.85. The number of nitrogens with one attached hydrogen (secondary N) is 1. The van der Waals surface area contributed by atoms with E-state index in [1.165, 1.54) is 5.56 Å². The molecule has 3 nitrogen and oxygen atoms in total. The summed E-state index contributed by atoms with van der Waals surface area (Å²) >= 11 is 3.62. The van der Waals surface area contributed by atoms with E-state index in [0.717, 1.165) is 23.7 Å². The van der Waals surface area contributed by atoms with Crippen LogP contribution in [-0.4, -0.2) is 30.6 Å². The molecule has 0 bridgehead atoms. The zero-order chi connectivity index (χ0) is 14.5. The lowest BCUT2D eigenvalue weighted by Crippen LogP contribution is -2.61. The highest BCUT2D eigenvalue weighted by atomic mass is 79.9. The molecule has 0 fully saturated rings. The first-order valence-corrected chi connectivity index (χ1v) is 7.68. The summed E-state index contributed by atoms with van der Waals surface area (Å²) in [6.45, 7) is 4.46. The number of hydrogen-bond acceptors (Lipinski definition) is 3. The number of nitrogens with two attached hydrogens (primary N) is 1. The second-order valence-electron chi connectivity index (χ2n) is 5.22. The summed E-state index contributed by atoms with van der Waals surface area (Å²) < 4.78 is 1.15. The summed E-state index contributed by atoms with van der Waals surface area (Å²) in [5, 5.41) is 0. The van der Waals surface area contributed by atoms with Gasteiger partial charge in [-0.15, -0.1) is 0 Å². The Labute approximate surface area is 125 Å². The second-order valence-corrected chi connectivity index (χ2v) is 6.07. The fraction of sp³-hybridized carbons (Fsp3) is 0.600. The molecule has 4 heteroatoms. The molecule has 1 aromatic rings. The van der Waals surface area contributed by atoms with E-state index in [1.807, 2.05) is 6.07 Å². The Hall–Kier alpha value is -0.420. The van der Waals surface area contributed by atoms with Crippen molar-refractivity contribution in [2.24, 2.45) is 5.84 Å². The van der Waals surface area contributed by atoms with Gasteiger partial charge in [-0.3, -0.25) is 11.3 Å². The third kappa shape index (κ3) is 3.57. The SMILES string of the molecule is CCC(CC)(C(Cc1ccccc1Br)NN)N(C)C. The Balaban J connectivity index is 3.02. The first kappa shape index (κ1) is 16.6. The van der Waals surface area contributed by atoms with Gasteiger partial charge in [-0.25, -0.2) is 0 Å². The number of benzene rings is 1. The number of hydrazine groups is 1. The normalized spacial score (nSPS) is 13.8. The van der Waals surface area contributed by atoms with Crippen LogP contribution in [0.5, 0.6) is 0 Å². The molecule has 0 aromatic heterocycles. The lowest BCUT2D eigenvalue weighted by molar-refractivity contribution is 0.0881. The minimum atomic E-state index is 0.0734. The predicted molar refractivity (Wildman–Crippen MR) is 86.0 cm³/mol. The third-order valence-electron chi connectivity index (χ3n) is 4.35. The van der Waals surface area contributed by atoms with Crippen LogP contribution < -0.4 is 11.3 Å². The summed E-state index contributed by atoms with van der Waals surface area (Å²) in [5.41, 5.74) is 4.40. The van der Waals surface area contributed by atoms with Gasteiger partial charge in [0.1, 0.15) is 0 Å². The molecule has 1 aromatic carbocycles. The van der Waals surface area contributed by atoms with Crippen LogP contribution >= 0.6 is 15.9 Å². The predicted octanol–water partition coefficient (Wildman–Crippen LogP) is 2.94. The van der Waals surface area contributed by atoms with E-state index in [4.69, 9.17) is 5.84 Å². The number of likely N-dealkylation sites (N-methyl/N-ethyl adjacent to an activating group) is 1. The number of halogens is 1. The van der Waals surface area contributed by atoms with Crippen LogP contribution in [0.1, 0.15) is 32.3 Å². The molecule has 0 aliphatic rings. The third-order valence-corrected chi connectivity index (χ3v) is 5.12. The van der Waals surface area contributed by atoms with Crippen LogP contribution in [0.3, 0.4) is 0 Å². The van der Waals surface area contributed by atoms with Crippen molar-refractivity contribution in [3.8, 4) is 0 Å². The van der Waals surface area contributed by atoms with Gasteiger partial charge in [0, 0.05) is 16.1 Å². The van der Waals surface area contributed by atoms with E-state index in [2.05, 4.69) is 72.4 Å².